The third-order valence-corrected chi connectivity index (χ3v) is 2.98. The Labute approximate surface area is 133 Å². The standard InChI is InChI=1S/C16H18O7/c1-10(17)20-9-15-14(21-11(2)18)7-8-16(23-15)22-13-5-3-12(19)4-6-13/h3-8,14-16,19H,9H2,1-2H3/t14-,15+,16?/m0/s1. The highest BCUT2D eigenvalue weighted by Gasteiger charge is 2.31. The second kappa shape index (κ2) is 7.64. The molecule has 1 aliphatic heterocycles. The number of carbonyl (C=O) groups excluding carboxylic acids is 2. The number of phenols is 1. The number of aromatic hydroxyl groups is 1. The molecule has 1 heterocycles. The molecule has 0 saturated carbocycles. The van der Waals surface area contributed by atoms with Crippen molar-refractivity contribution in [2.45, 2.75) is 32.3 Å². The normalized spacial score (nSPS) is 23.1. The second-order valence-corrected chi connectivity index (χ2v) is 4.92. The van der Waals surface area contributed by atoms with Gasteiger partial charge in [-0.1, -0.05) is 0 Å². The zero-order chi connectivity index (χ0) is 16.8. The highest BCUT2D eigenvalue weighted by Crippen LogP contribution is 2.22. The molecule has 124 valence electrons. The molecule has 3 atom stereocenters. The van der Waals surface area contributed by atoms with Crippen LogP contribution in [0.15, 0.2) is 36.4 Å². The van der Waals surface area contributed by atoms with Gasteiger partial charge in [0.05, 0.1) is 0 Å². The lowest BCUT2D eigenvalue weighted by Gasteiger charge is -2.31. The fourth-order valence-corrected chi connectivity index (χ4v) is 1.99. The first-order valence-corrected chi connectivity index (χ1v) is 7.04. The largest absolute Gasteiger partial charge is 0.508 e. The first kappa shape index (κ1) is 16.8. The number of esters is 2. The third-order valence-electron chi connectivity index (χ3n) is 2.98. The van der Waals surface area contributed by atoms with Gasteiger partial charge >= 0.3 is 11.9 Å². The molecular weight excluding hydrogens is 304 g/mol. The molecular formula is C16H18O7. The lowest BCUT2D eigenvalue weighted by atomic mass is 10.1. The smallest absolute Gasteiger partial charge is 0.303 e. The number of benzene rings is 1. The van der Waals surface area contributed by atoms with E-state index in [1.165, 1.54) is 26.0 Å². The number of ether oxygens (including phenoxy) is 4. The summed E-state index contributed by atoms with van der Waals surface area (Å²) in [6.07, 6.45) is 1.17. The van der Waals surface area contributed by atoms with Crippen molar-refractivity contribution in [1.82, 2.24) is 0 Å². The number of hydrogen-bond acceptors (Lipinski definition) is 7. The Balaban J connectivity index is 2.03. The topological polar surface area (TPSA) is 91.3 Å². The van der Waals surface area contributed by atoms with Crippen LogP contribution < -0.4 is 4.74 Å². The number of rotatable bonds is 5. The number of phenolic OH excluding ortho intramolecular Hbond substituents is 1. The molecule has 0 bridgehead atoms. The molecule has 1 unspecified atom stereocenters. The van der Waals surface area contributed by atoms with Crippen molar-refractivity contribution in [3.05, 3.63) is 36.4 Å². The molecule has 7 heteroatoms. The van der Waals surface area contributed by atoms with Crippen LogP contribution in [0.25, 0.3) is 0 Å². The first-order chi connectivity index (χ1) is 10.9. The maximum Gasteiger partial charge on any atom is 0.303 e. The van der Waals surface area contributed by atoms with E-state index in [1.54, 1.807) is 24.3 Å². The van der Waals surface area contributed by atoms with E-state index in [0.717, 1.165) is 0 Å². The van der Waals surface area contributed by atoms with Crippen LogP contribution in [0.2, 0.25) is 0 Å². The summed E-state index contributed by atoms with van der Waals surface area (Å²) in [5.41, 5.74) is 0. The van der Waals surface area contributed by atoms with Gasteiger partial charge in [-0.15, -0.1) is 0 Å². The first-order valence-electron chi connectivity index (χ1n) is 7.04. The molecule has 1 aromatic carbocycles. The van der Waals surface area contributed by atoms with E-state index in [-0.39, 0.29) is 12.4 Å². The van der Waals surface area contributed by atoms with Crippen molar-refractivity contribution >= 4 is 11.9 Å². The third kappa shape index (κ3) is 5.30. The van der Waals surface area contributed by atoms with Gasteiger partial charge in [0.15, 0.2) is 0 Å². The molecule has 1 aromatic rings. The van der Waals surface area contributed by atoms with E-state index in [4.69, 9.17) is 18.9 Å². The summed E-state index contributed by atoms with van der Waals surface area (Å²) in [5, 5.41) is 9.25. The van der Waals surface area contributed by atoms with Gasteiger partial charge in [-0.2, -0.15) is 0 Å². The van der Waals surface area contributed by atoms with Gasteiger partial charge in [-0.05, 0) is 36.4 Å². The SMILES string of the molecule is CC(=O)OC[C@H]1OC(Oc2ccc(O)cc2)C=C[C@@H]1OC(C)=O. The van der Waals surface area contributed by atoms with Crippen LogP contribution in [0.1, 0.15) is 13.8 Å². The minimum atomic E-state index is -0.730. The summed E-state index contributed by atoms with van der Waals surface area (Å²) < 4.78 is 21.3. The van der Waals surface area contributed by atoms with Crippen LogP contribution in [-0.2, 0) is 23.8 Å². The van der Waals surface area contributed by atoms with Crippen LogP contribution in [0.5, 0.6) is 11.5 Å². The second-order valence-electron chi connectivity index (χ2n) is 4.92. The van der Waals surface area contributed by atoms with Crippen molar-refractivity contribution in [1.29, 1.82) is 0 Å². The minimum absolute atomic E-state index is 0.0624. The Morgan fingerprint density at radius 2 is 1.83 bits per heavy atom. The predicted molar refractivity (Wildman–Crippen MR) is 78.7 cm³/mol. The van der Waals surface area contributed by atoms with E-state index < -0.39 is 30.4 Å². The average molecular weight is 322 g/mol. The van der Waals surface area contributed by atoms with Gasteiger partial charge in [0.25, 0.3) is 0 Å². The molecule has 0 radical (unpaired) electrons. The summed E-state index contributed by atoms with van der Waals surface area (Å²) in [5.74, 6) is -0.301. The molecule has 23 heavy (non-hydrogen) atoms. The molecule has 1 N–H and O–H groups in total. The fraction of sp³-hybridized carbons (Fsp3) is 0.375. The molecule has 0 spiro atoms. The van der Waals surface area contributed by atoms with Gasteiger partial charge in [0.1, 0.15) is 30.3 Å². The maximum absolute atomic E-state index is 11.1. The van der Waals surface area contributed by atoms with Gasteiger partial charge in [-0.3, -0.25) is 9.59 Å². The summed E-state index contributed by atoms with van der Waals surface area (Å²) in [7, 11) is 0. The zero-order valence-electron chi connectivity index (χ0n) is 12.8. The van der Waals surface area contributed by atoms with E-state index in [0.29, 0.717) is 5.75 Å². The molecule has 1 aliphatic rings. The Morgan fingerprint density at radius 1 is 1.13 bits per heavy atom. The van der Waals surface area contributed by atoms with Gasteiger partial charge < -0.3 is 24.1 Å². The Morgan fingerprint density at radius 3 is 2.43 bits per heavy atom. The van der Waals surface area contributed by atoms with Crippen molar-refractivity contribution < 1.29 is 33.6 Å². The molecule has 0 aromatic heterocycles. The van der Waals surface area contributed by atoms with Crippen LogP contribution in [-0.4, -0.2) is 42.1 Å². The zero-order valence-corrected chi connectivity index (χ0v) is 12.8. The molecule has 2 rings (SSSR count). The van der Waals surface area contributed by atoms with Crippen LogP contribution in [0, 0.1) is 0 Å². The Bertz CT molecular complexity index is 579. The monoisotopic (exact) mass is 322 g/mol. The van der Waals surface area contributed by atoms with Gasteiger partial charge in [-0.25, -0.2) is 0 Å². The summed E-state index contributed by atoms with van der Waals surface area (Å²) >= 11 is 0. The van der Waals surface area contributed by atoms with E-state index in [2.05, 4.69) is 0 Å². The molecule has 0 saturated heterocycles. The summed E-state index contributed by atoms with van der Waals surface area (Å²) in [4.78, 5) is 22.1. The van der Waals surface area contributed by atoms with Crippen molar-refractivity contribution in [3.8, 4) is 11.5 Å². The molecule has 0 amide bonds. The highest BCUT2D eigenvalue weighted by atomic mass is 16.7. The highest BCUT2D eigenvalue weighted by molar-refractivity contribution is 5.66. The van der Waals surface area contributed by atoms with Crippen LogP contribution in [0.4, 0.5) is 0 Å². The van der Waals surface area contributed by atoms with Gasteiger partial charge in [0, 0.05) is 13.8 Å². The Kier molecular flexibility index (Phi) is 5.59. The summed E-state index contributed by atoms with van der Waals surface area (Å²) in [6, 6.07) is 6.15. The maximum atomic E-state index is 11.1. The average Bonchev–Trinajstić information content (AvgIpc) is 2.49. The van der Waals surface area contributed by atoms with Crippen molar-refractivity contribution in [2.24, 2.45) is 0 Å². The summed E-state index contributed by atoms with van der Waals surface area (Å²) in [6.45, 7) is 2.51. The number of hydrogen-bond donors (Lipinski definition) is 1. The lowest BCUT2D eigenvalue weighted by molar-refractivity contribution is -0.178. The van der Waals surface area contributed by atoms with Gasteiger partial charge in [0.2, 0.25) is 6.29 Å². The predicted octanol–water partition coefficient (Wildman–Crippen LogP) is 1.55. The fourth-order valence-electron chi connectivity index (χ4n) is 1.99. The quantitative estimate of drug-likeness (QED) is 0.649. The molecule has 0 fully saturated rings. The van der Waals surface area contributed by atoms with Crippen molar-refractivity contribution in [2.75, 3.05) is 6.61 Å². The van der Waals surface area contributed by atoms with Crippen molar-refractivity contribution in [3.63, 3.8) is 0 Å². The molecule has 7 nitrogen and oxygen atoms in total. The lowest BCUT2D eigenvalue weighted by Crippen LogP contribution is -2.42. The minimum Gasteiger partial charge on any atom is -0.508 e. The van der Waals surface area contributed by atoms with E-state index >= 15 is 0 Å². The molecule has 0 aliphatic carbocycles. The van der Waals surface area contributed by atoms with Crippen LogP contribution in [0.3, 0.4) is 0 Å². The van der Waals surface area contributed by atoms with E-state index in [1.807, 2.05) is 0 Å². The Hall–Kier alpha value is -2.54. The number of carbonyl (C=O) groups is 2. The van der Waals surface area contributed by atoms with E-state index in [9.17, 15) is 14.7 Å². The van der Waals surface area contributed by atoms with Crippen LogP contribution >= 0.6 is 0 Å².